The van der Waals surface area contributed by atoms with Crippen LogP contribution in [-0.2, 0) is 0 Å². The zero-order valence-electron chi connectivity index (χ0n) is 9.49. The third-order valence-corrected chi connectivity index (χ3v) is 2.75. The molecule has 0 bridgehead atoms. The fourth-order valence-electron chi connectivity index (χ4n) is 1.74. The van der Waals surface area contributed by atoms with E-state index in [2.05, 4.69) is 49.2 Å². The van der Waals surface area contributed by atoms with E-state index in [4.69, 9.17) is 5.26 Å². The van der Waals surface area contributed by atoms with Crippen LogP contribution < -0.4 is 0 Å². The number of benzene rings is 1. The standard InChI is InChI=1S/C14H14N2/c1-10(2)11-3-5-12(6-4-11)14-9-16-8-13(14)7-15/h3-6,8-10,16H,1-2H3. The van der Waals surface area contributed by atoms with Gasteiger partial charge in [0.25, 0.3) is 0 Å². The average Bonchev–Trinajstić information content (AvgIpc) is 2.77. The van der Waals surface area contributed by atoms with Crippen LogP contribution in [0.25, 0.3) is 11.1 Å². The van der Waals surface area contributed by atoms with Gasteiger partial charge in [-0.05, 0) is 17.0 Å². The first-order valence-corrected chi connectivity index (χ1v) is 5.39. The van der Waals surface area contributed by atoms with E-state index in [9.17, 15) is 0 Å². The van der Waals surface area contributed by atoms with Crippen LogP contribution in [0, 0.1) is 11.3 Å². The second kappa shape index (κ2) is 4.24. The maximum atomic E-state index is 8.94. The van der Waals surface area contributed by atoms with Crippen molar-refractivity contribution in [1.29, 1.82) is 5.26 Å². The lowest BCUT2D eigenvalue weighted by Gasteiger charge is -2.06. The molecule has 0 saturated heterocycles. The van der Waals surface area contributed by atoms with Gasteiger partial charge in [0.05, 0.1) is 5.56 Å². The predicted molar refractivity (Wildman–Crippen MR) is 65.0 cm³/mol. The molecule has 0 saturated carbocycles. The number of hydrogen-bond donors (Lipinski definition) is 1. The molecule has 0 aliphatic carbocycles. The highest BCUT2D eigenvalue weighted by Gasteiger charge is 2.06. The van der Waals surface area contributed by atoms with E-state index in [1.54, 1.807) is 6.20 Å². The summed E-state index contributed by atoms with van der Waals surface area (Å²) in [7, 11) is 0. The number of H-pyrrole nitrogens is 1. The molecule has 2 aromatic rings. The van der Waals surface area contributed by atoms with Gasteiger partial charge in [0.1, 0.15) is 6.07 Å². The lowest BCUT2D eigenvalue weighted by Crippen LogP contribution is -1.86. The van der Waals surface area contributed by atoms with Gasteiger partial charge in [-0.3, -0.25) is 0 Å². The Morgan fingerprint density at radius 3 is 2.38 bits per heavy atom. The summed E-state index contributed by atoms with van der Waals surface area (Å²) in [5.74, 6) is 0.538. The van der Waals surface area contributed by atoms with E-state index in [0.717, 1.165) is 11.1 Å². The number of nitriles is 1. The van der Waals surface area contributed by atoms with Gasteiger partial charge in [0.2, 0.25) is 0 Å². The van der Waals surface area contributed by atoms with Gasteiger partial charge in [-0.25, -0.2) is 0 Å². The van der Waals surface area contributed by atoms with Crippen LogP contribution in [0.1, 0.15) is 30.9 Å². The first-order chi connectivity index (χ1) is 7.72. The average molecular weight is 210 g/mol. The molecule has 0 fully saturated rings. The Balaban J connectivity index is 2.39. The quantitative estimate of drug-likeness (QED) is 0.807. The molecule has 1 heterocycles. The fourth-order valence-corrected chi connectivity index (χ4v) is 1.74. The third kappa shape index (κ3) is 1.85. The van der Waals surface area contributed by atoms with E-state index in [0.29, 0.717) is 11.5 Å². The zero-order valence-corrected chi connectivity index (χ0v) is 9.49. The lowest BCUT2D eigenvalue weighted by molar-refractivity contribution is 0.867. The molecule has 0 atom stereocenters. The van der Waals surface area contributed by atoms with Gasteiger partial charge in [0.15, 0.2) is 0 Å². The SMILES string of the molecule is CC(C)c1ccc(-c2c[nH]cc2C#N)cc1. The molecular weight excluding hydrogens is 196 g/mol. The van der Waals surface area contributed by atoms with Crippen molar-refractivity contribution in [2.45, 2.75) is 19.8 Å². The van der Waals surface area contributed by atoms with Crippen molar-refractivity contribution in [3.8, 4) is 17.2 Å². The topological polar surface area (TPSA) is 39.6 Å². The molecule has 2 rings (SSSR count). The second-order valence-electron chi connectivity index (χ2n) is 4.17. The number of nitrogens with one attached hydrogen (secondary N) is 1. The van der Waals surface area contributed by atoms with Gasteiger partial charge in [-0.15, -0.1) is 0 Å². The molecule has 0 aliphatic rings. The maximum Gasteiger partial charge on any atom is 0.101 e. The van der Waals surface area contributed by atoms with Crippen LogP contribution in [0.15, 0.2) is 36.7 Å². The molecule has 0 amide bonds. The maximum absolute atomic E-state index is 8.94. The summed E-state index contributed by atoms with van der Waals surface area (Å²) in [6.45, 7) is 4.35. The van der Waals surface area contributed by atoms with Crippen LogP contribution in [0.5, 0.6) is 0 Å². The number of aromatic amines is 1. The van der Waals surface area contributed by atoms with E-state index in [1.165, 1.54) is 5.56 Å². The number of rotatable bonds is 2. The van der Waals surface area contributed by atoms with Gasteiger partial charge in [-0.2, -0.15) is 5.26 Å². The van der Waals surface area contributed by atoms with Gasteiger partial charge in [0, 0.05) is 18.0 Å². The number of hydrogen-bond acceptors (Lipinski definition) is 1. The molecule has 1 aromatic carbocycles. The van der Waals surface area contributed by atoms with Gasteiger partial charge in [-0.1, -0.05) is 38.1 Å². The van der Waals surface area contributed by atoms with Crippen LogP contribution in [0.4, 0.5) is 0 Å². The molecule has 2 heteroatoms. The first kappa shape index (κ1) is 10.5. The Morgan fingerprint density at radius 1 is 1.12 bits per heavy atom. The Labute approximate surface area is 95.6 Å². The summed E-state index contributed by atoms with van der Waals surface area (Å²) in [4.78, 5) is 2.96. The summed E-state index contributed by atoms with van der Waals surface area (Å²) in [5.41, 5.74) is 4.06. The number of aromatic nitrogens is 1. The van der Waals surface area contributed by atoms with Crippen molar-refractivity contribution in [3.63, 3.8) is 0 Å². The second-order valence-corrected chi connectivity index (χ2v) is 4.17. The van der Waals surface area contributed by atoms with Gasteiger partial charge >= 0.3 is 0 Å². The minimum Gasteiger partial charge on any atom is -0.366 e. The largest absolute Gasteiger partial charge is 0.366 e. The molecule has 1 aromatic heterocycles. The molecule has 0 radical (unpaired) electrons. The molecule has 0 spiro atoms. The summed E-state index contributed by atoms with van der Waals surface area (Å²) >= 11 is 0. The predicted octanol–water partition coefficient (Wildman–Crippen LogP) is 3.68. The molecule has 0 aliphatic heterocycles. The minimum absolute atomic E-state index is 0.538. The molecule has 2 nitrogen and oxygen atoms in total. The van der Waals surface area contributed by atoms with Crippen LogP contribution in [-0.4, -0.2) is 4.98 Å². The van der Waals surface area contributed by atoms with E-state index in [1.807, 2.05) is 6.20 Å². The van der Waals surface area contributed by atoms with Crippen molar-refractivity contribution in [2.75, 3.05) is 0 Å². The van der Waals surface area contributed by atoms with Gasteiger partial charge < -0.3 is 4.98 Å². The highest BCUT2D eigenvalue weighted by Crippen LogP contribution is 2.25. The summed E-state index contributed by atoms with van der Waals surface area (Å²) < 4.78 is 0. The van der Waals surface area contributed by atoms with Crippen molar-refractivity contribution < 1.29 is 0 Å². The minimum atomic E-state index is 0.538. The Bertz CT molecular complexity index is 512. The highest BCUT2D eigenvalue weighted by molar-refractivity contribution is 5.69. The Hall–Kier alpha value is -2.01. The van der Waals surface area contributed by atoms with Crippen molar-refractivity contribution in [3.05, 3.63) is 47.8 Å². The van der Waals surface area contributed by atoms with Crippen LogP contribution in [0.2, 0.25) is 0 Å². The Morgan fingerprint density at radius 2 is 1.81 bits per heavy atom. The molecule has 16 heavy (non-hydrogen) atoms. The fraction of sp³-hybridized carbons (Fsp3) is 0.214. The monoisotopic (exact) mass is 210 g/mol. The number of nitrogens with zero attached hydrogens (tertiary/aromatic N) is 1. The summed E-state index contributed by atoms with van der Waals surface area (Å²) in [6, 6.07) is 10.6. The highest BCUT2D eigenvalue weighted by atomic mass is 14.6. The molecule has 0 unspecified atom stereocenters. The zero-order chi connectivity index (χ0) is 11.5. The third-order valence-electron chi connectivity index (χ3n) is 2.75. The lowest BCUT2D eigenvalue weighted by atomic mass is 9.99. The molecule has 80 valence electrons. The summed E-state index contributed by atoms with van der Waals surface area (Å²) in [5, 5.41) is 8.94. The van der Waals surface area contributed by atoms with E-state index < -0.39 is 0 Å². The van der Waals surface area contributed by atoms with E-state index in [-0.39, 0.29) is 0 Å². The Kier molecular flexibility index (Phi) is 2.78. The summed E-state index contributed by atoms with van der Waals surface area (Å²) in [6.07, 6.45) is 3.59. The molecule has 1 N–H and O–H groups in total. The van der Waals surface area contributed by atoms with Crippen molar-refractivity contribution >= 4 is 0 Å². The van der Waals surface area contributed by atoms with Crippen LogP contribution in [0.3, 0.4) is 0 Å². The van der Waals surface area contributed by atoms with Crippen molar-refractivity contribution in [1.82, 2.24) is 4.98 Å². The normalized spacial score (nSPS) is 10.4. The van der Waals surface area contributed by atoms with Crippen molar-refractivity contribution in [2.24, 2.45) is 0 Å². The van der Waals surface area contributed by atoms with E-state index >= 15 is 0 Å². The first-order valence-electron chi connectivity index (χ1n) is 5.39. The smallest absolute Gasteiger partial charge is 0.101 e. The van der Waals surface area contributed by atoms with Crippen LogP contribution >= 0.6 is 0 Å². The molecular formula is C14H14N2.